The average molecular weight is 241 g/mol. The van der Waals surface area contributed by atoms with Gasteiger partial charge < -0.3 is 4.79 Å². The van der Waals surface area contributed by atoms with Gasteiger partial charge in [0.1, 0.15) is 6.29 Å². The van der Waals surface area contributed by atoms with Gasteiger partial charge in [-0.2, -0.15) is 0 Å². The van der Waals surface area contributed by atoms with E-state index in [2.05, 4.69) is 29.8 Å². The SMILES string of the molecule is CC(C)(CC=O)c1ccc(Br)cc1. The van der Waals surface area contributed by atoms with Crippen molar-refractivity contribution in [2.24, 2.45) is 0 Å². The molecule has 0 amide bonds. The van der Waals surface area contributed by atoms with E-state index in [1.54, 1.807) is 0 Å². The highest BCUT2D eigenvalue weighted by molar-refractivity contribution is 9.10. The molecule has 2 heteroatoms. The van der Waals surface area contributed by atoms with Crippen molar-refractivity contribution in [1.82, 2.24) is 0 Å². The average Bonchev–Trinajstić information content (AvgIpc) is 2.05. The summed E-state index contributed by atoms with van der Waals surface area (Å²) >= 11 is 3.38. The standard InChI is InChI=1S/C11H13BrO/c1-11(2,7-8-13)9-3-5-10(12)6-4-9/h3-6,8H,7H2,1-2H3. The topological polar surface area (TPSA) is 17.1 Å². The first kappa shape index (κ1) is 10.5. The molecule has 0 atom stereocenters. The largest absolute Gasteiger partial charge is 0.303 e. The third kappa shape index (κ3) is 2.66. The molecule has 13 heavy (non-hydrogen) atoms. The lowest BCUT2D eigenvalue weighted by atomic mass is 9.82. The summed E-state index contributed by atoms with van der Waals surface area (Å²) in [6.45, 7) is 4.15. The van der Waals surface area contributed by atoms with Gasteiger partial charge in [-0.25, -0.2) is 0 Å². The zero-order valence-corrected chi connectivity index (χ0v) is 9.47. The van der Waals surface area contributed by atoms with E-state index in [1.807, 2.05) is 24.3 Å². The molecule has 70 valence electrons. The van der Waals surface area contributed by atoms with Crippen molar-refractivity contribution in [2.45, 2.75) is 25.7 Å². The number of benzene rings is 1. The fraction of sp³-hybridized carbons (Fsp3) is 0.364. The molecule has 0 aliphatic rings. The molecule has 1 rings (SSSR count). The summed E-state index contributed by atoms with van der Waals surface area (Å²) in [5.74, 6) is 0. The molecule has 0 spiro atoms. The van der Waals surface area contributed by atoms with Gasteiger partial charge in [0.05, 0.1) is 0 Å². The van der Waals surface area contributed by atoms with Crippen LogP contribution >= 0.6 is 15.9 Å². The maximum absolute atomic E-state index is 10.5. The van der Waals surface area contributed by atoms with Crippen LogP contribution in [0.5, 0.6) is 0 Å². The van der Waals surface area contributed by atoms with Crippen LogP contribution in [0.3, 0.4) is 0 Å². The van der Waals surface area contributed by atoms with Gasteiger partial charge in [-0.3, -0.25) is 0 Å². The van der Waals surface area contributed by atoms with Crippen LogP contribution in [0.25, 0.3) is 0 Å². The highest BCUT2D eigenvalue weighted by Crippen LogP contribution is 2.26. The van der Waals surface area contributed by atoms with E-state index in [4.69, 9.17) is 0 Å². The van der Waals surface area contributed by atoms with Crippen molar-refractivity contribution >= 4 is 22.2 Å². The monoisotopic (exact) mass is 240 g/mol. The second kappa shape index (κ2) is 4.05. The van der Waals surface area contributed by atoms with Gasteiger partial charge in [0, 0.05) is 10.9 Å². The summed E-state index contributed by atoms with van der Waals surface area (Å²) in [6, 6.07) is 8.10. The molecule has 0 radical (unpaired) electrons. The van der Waals surface area contributed by atoms with Crippen molar-refractivity contribution in [2.75, 3.05) is 0 Å². The summed E-state index contributed by atoms with van der Waals surface area (Å²) in [4.78, 5) is 10.5. The Morgan fingerprint density at radius 3 is 2.31 bits per heavy atom. The Morgan fingerprint density at radius 2 is 1.85 bits per heavy atom. The van der Waals surface area contributed by atoms with E-state index in [0.717, 1.165) is 10.8 Å². The predicted octanol–water partition coefficient (Wildman–Crippen LogP) is 3.32. The molecule has 0 saturated heterocycles. The van der Waals surface area contributed by atoms with Crippen LogP contribution in [-0.2, 0) is 10.2 Å². The van der Waals surface area contributed by atoms with Crippen LogP contribution in [0, 0.1) is 0 Å². The maximum Gasteiger partial charge on any atom is 0.120 e. The van der Waals surface area contributed by atoms with Gasteiger partial charge in [0.15, 0.2) is 0 Å². The molecular formula is C11H13BrO. The fourth-order valence-corrected chi connectivity index (χ4v) is 1.49. The second-order valence-corrected chi connectivity index (χ2v) is 4.68. The molecule has 1 nitrogen and oxygen atoms in total. The van der Waals surface area contributed by atoms with Crippen molar-refractivity contribution < 1.29 is 4.79 Å². The van der Waals surface area contributed by atoms with E-state index in [-0.39, 0.29) is 5.41 Å². The lowest BCUT2D eigenvalue weighted by Crippen LogP contribution is -2.17. The Hall–Kier alpha value is -0.630. The molecule has 0 saturated carbocycles. The molecule has 0 bridgehead atoms. The molecule has 0 aromatic heterocycles. The number of carbonyl (C=O) groups excluding carboxylic acids is 1. The quantitative estimate of drug-likeness (QED) is 0.742. The van der Waals surface area contributed by atoms with Crippen LogP contribution in [0.2, 0.25) is 0 Å². The molecular weight excluding hydrogens is 228 g/mol. The number of carbonyl (C=O) groups is 1. The van der Waals surface area contributed by atoms with Gasteiger partial charge in [0.2, 0.25) is 0 Å². The van der Waals surface area contributed by atoms with Gasteiger partial charge in [0.25, 0.3) is 0 Å². The Kier molecular flexibility index (Phi) is 3.26. The highest BCUT2D eigenvalue weighted by Gasteiger charge is 2.19. The van der Waals surface area contributed by atoms with E-state index < -0.39 is 0 Å². The van der Waals surface area contributed by atoms with Crippen molar-refractivity contribution in [3.63, 3.8) is 0 Å². The summed E-state index contributed by atoms with van der Waals surface area (Å²) in [5, 5.41) is 0. The highest BCUT2D eigenvalue weighted by atomic mass is 79.9. The predicted molar refractivity (Wildman–Crippen MR) is 57.8 cm³/mol. The molecule has 0 heterocycles. The Bertz CT molecular complexity index is 287. The minimum atomic E-state index is -0.0531. The summed E-state index contributed by atoms with van der Waals surface area (Å²) in [6.07, 6.45) is 1.54. The third-order valence-electron chi connectivity index (χ3n) is 2.22. The summed E-state index contributed by atoms with van der Waals surface area (Å²) in [7, 11) is 0. The van der Waals surface area contributed by atoms with Crippen LogP contribution < -0.4 is 0 Å². The Morgan fingerprint density at radius 1 is 1.31 bits per heavy atom. The van der Waals surface area contributed by atoms with Gasteiger partial charge >= 0.3 is 0 Å². The lowest BCUT2D eigenvalue weighted by Gasteiger charge is -2.22. The number of aldehydes is 1. The van der Waals surface area contributed by atoms with Gasteiger partial charge in [-0.05, 0) is 23.1 Å². The van der Waals surface area contributed by atoms with Gasteiger partial charge in [-0.1, -0.05) is 41.9 Å². The summed E-state index contributed by atoms with van der Waals surface area (Å²) in [5.41, 5.74) is 1.14. The second-order valence-electron chi connectivity index (χ2n) is 3.76. The first-order valence-corrected chi connectivity index (χ1v) is 5.05. The Balaban J connectivity index is 2.93. The van der Waals surface area contributed by atoms with Crippen LogP contribution in [-0.4, -0.2) is 6.29 Å². The minimum absolute atomic E-state index is 0.0531. The normalized spacial score (nSPS) is 11.3. The smallest absolute Gasteiger partial charge is 0.120 e. The molecule has 1 aromatic rings. The van der Waals surface area contributed by atoms with Gasteiger partial charge in [-0.15, -0.1) is 0 Å². The zero-order valence-electron chi connectivity index (χ0n) is 7.88. The van der Waals surface area contributed by atoms with Crippen LogP contribution in [0.1, 0.15) is 25.8 Å². The van der Waals surface area contributed by atoms with E-state index in [9.17, 15) is 4.79 Å². The molecule has 0 unspecified atom stereocenters. The molecule has 1 aromatic carbocycles. The van der Waals surface area contributed by atoms with Crippen molar-refractivity contribution in [1.29, 1.82) is 0 Å². The number of hydrogen-bond donors (Lipinski definition) is 0. The Labute approximate surface area is 87.3 Å². The number of halogens is 1. The van der Waals surface area contributed by atoms with E-state index >= 15 is 0 Å². The van der Waals surface area contributed by atoms with Crippen molar-refractivity contribution in [3.8, 4) is 0 Å². The third-order valence-corrected chi connectivity index (χ3v) is 2.75. The maximum atomic E-state index is 10.5. The fourth-order valence-electron chi connectivity index (χ4n) is 1.23. The minimum Gasteiger partial charge on any atom is -0.303 e. The van der Waals surface area contributed by atoms with Crippen molar-refractivity contribution in [3.05, 3.63) is 34.3 Å². The molecule has 0 fully saturated rings. The molecule has 0 aliphatic heterocycles. The number of hydrogen-bond acceptors (Lipinski definition) is 1. The lowest BCUT2D eigenvalue weighted by molar-refractivity contribution is -0.108. The molecule has 0 aliphatic carbocycles. The first-order chi connectivity index (χ1) is 6.06. The van der Waals surface area contributed by atoms with Crippen LogP contribution in [0.4, 0.5) is 0 Å². The summed E-state index contributed by atoms with van der Waals surface area (Å²) < 4.78 is 1.07. The van der Waals surface area contributed by atoms with E-state index in [0.29, 0.717) is 6.42 Å². The van der Waals surface area contributed by atoms with E-state index in [1.165, 1.54) is 5.56 Å². The first-order valence-electron chi connectivity index (χ1n) is 4.26. The van der Waals surface area contributed by atoms with Crippen LogP contribution in [0.15, 0.2) is 28.7 Å². The number of rotatable bonds is 3. The zero-order chi connectivity index (χ0) is 9.90. The molecule has 0 N–H and O–H groups in total.